The van der Waals surface area contributed by atoms with Gasteiger partial charge in [0.05, 0.1) is 16.8 Å². The lowest BCUT2D eigenvalue weighted by Crippen LogP contribution is -2.45. The molecule has 0 saturated carbocycles. The van der Waals surface area contributed by atoms with Crippen molar-refractivity contribution in [2.75, 3.05) is 46.3 Å². The minimum absolute atomic E-state index is 0.682. The van der Waals surface area contributed by atoms with Gasteiger partial charge in [-0.1, -0.05) is 11.6 Å². The fourth-order valence-electron chi connectivity index (χ4n) is 4.00. The summed E-state index contributed by atoms with van der Waals surface area (Å²) in [5.74, 6) is 0. The van der Waals surface area contributed by atoms with Crippen molar-refractivity contribution in [3.63, 3.8) is 0 Å². The number of aryl methyl sites for hydroxylation is 1. The van der Waals surface area contributed by atoms with Gasteiger partial charge in [-0.3, -0.25) is 4.90 Å². The zero-order valence-electron chi connectivity index (χ0n) is 15.8. The highest BCUT2D eigenvalue weighted by Crippen LogP contribution is 2.33. The quantitative estimate of drug-likeness (QED) is 0.888. The van der Waals surface area contributed by atoms with Crippen LogP contribution in [0, 0.1) is 11.3 Å². The highest BCUT2D eigenvalue weighted by molar-refractivity contribution is 6.31. The average Bonchev–Trinajstić information content (AvgIpc) is 2.95. The molecule has 0 radical (unpaired) electrons. The third-order valence-corrected chi connectivity index (χ3v) is 5.75. The second-order valence-corrected chi connectivity index (χ2v) is 7.85. The Kier molecular flexibility index (Phi) is 4.96. The first kappa shape index (κ1) is 18.1. The summed E-state index contributed by atoms with van der Waals surface area (Å²) in [4.78, 5) is 4.87. The van der Waals surface area contributed by atoms with Crippen LogP contribution in [0.15, 0.2) is 36.0 Å². The molecule has 1 aromatic heterocycles. The Morgan fingerprint density at radius 3 is 2.70 bits per heavy atom. The molecule has 0 unspecified atom stereocenters. The molecule has 2 aliphatic heterocycles. The van der Waals surface area contributed by atoms with E-state index in [1.807, 2.05) is 31.4 Å². The predicted molar refractivity (Wildman–Crippen MR) is 111 cm³/mol. The number of halogens is 1. The van der Waals surface area contributed by atoms with Crippen molar-refractivity contribution in [3.05, 3.63) is 52.3 Å². The molecule has 2 aromatic rings. The number of fused-ring (bicyclic) bond motifs is 1. The van der Waals surface area contributed by atoms with Crippen molar-refractivity contribution in [3.8, 4) is 6.07 Å². The number of benzene rings is 1. The summed E-state index contributed by atoms with van der Waals surface area (Å²) in [6.07, 6.45) is 4.26. The van der Waals surface area contributed by atoms with Crippen LogP contribution >= 0.6 is 11.6 Å². The van der Waals surface area contributed by atoms with E-state index in [2.05, 4.69) is 38.9 Å². The van der Waals surface area contributed by atoms with Gasteiger partial charge in [-0.25, -0.2) is 0 Å². The molecule has 1 aromatic carbocycles. The molecule has 1 fully saturated rings. The number of nitriles is 1. The van der Waals surface area contributed by atoms with Gasteiger partial charge in [0.2, 0.25) is 0 Å². The molecule has 5 nitrogen and oxygen atoms in total. The molecule has 3 heterocycles. The van der Waals surface area contributed by atoms with Gasteiger partial charge in [0, 0.05) is 68.5 Å². The van der Waals surface area contributed by atoms with E-state index in [1.54, 1.807) is 0 Å². The number of hydrogen-bond donors (Lipinski definition) is 1. The Balaban J connectivity index is 1.67. The topological polar surface area (TPSA) is 47.2 Å². The lowest BCUT2D eigenvalue weighted by Gasteiger charge is -2.33. The molecule has 1 N–H and O–H groups in total. The van der Waals surface area contributed by atoms with Gasteiger partial charge in [-0.15, -0.1) is 0 Å². The number of hydrogen-bond acceptors (Lipinski definition) is 4. The molecule has 6 heteroatoms. The average molecular weight is 382 g/mol. The summed E-state index contributed by atoms with van der Waals surface area (Å²) in [6.45, 7) is 6.26. The summed E-state index contributed by atoms with van der Waals surface area (Å²) < 4.78 is 2.07. The first-order valence-corrected chi connectivity index (χ1v) is 9.67. The standard InChI is InChI=1S/C21H24ClN5/c1-25-5-7-27(8-6-25)14-15-9-16(13-24-12-15)21-19(11-23)18-4-3-17(22)10-20(18)26(21)2/h3-4,9-10,13,24H,5-8,12,14H2,1-2H3. The number of likely N-dealkylation sites (N-methyl/N-ethyl adjacent to an activating group) is 1. The lowest BCUT2D eigenvalue weighted by atomic mass is 10.0. The monoisotopic (exact) mass is 381 g/mol. The van der Waals surface area contributed by atoms with E-state index in [0.29, 0.717) is 10.6 Å². The molecule has 0 spiro atoms. The zero-order valence-corrected chi connectivity index (χ0v) is 16.6. The molecule has 0 amide bonds. The minimum Gasteiger partial charge on any atom is -0.387 e. The molecule has 0 bridgehead atoms. The molecular weight excluding hydrogens is 358 g/mol. The molecule has 1 saturated heterocycles. The van der Waals surface area contributed by atoms with Crippen molar-refractivity contribution in [2.45, 2.75) is 0 Å². The van der Waals surface area contributed by atoms with E-state index < -0.39 is 0 Å². The number of rotatable bonds is 3. The fourth-order valence-corrected chi connectivity index (χ4v) is 4.16. The second kappa shape index (κ2) is 7.40. The Bertz CT molecular complexity index is 971. The molecule has 2 aliphatic rings. The van der Waals surface area contributed by atoms with Gasteiger partial charge >= 0.3 is 0 Å². The van der Waals surface area contributed by atoms with Crippen molar-refractivity contribution < 1.29 is 0 Å². The number of aromatic nitrogens is 1. The summed E-state index contributed by atoms with van der Waals surface area (Å²) >= 11 is 6.18. The lowest BCUT2D eigenvalue weighted by molar-refractivity contribution is 0.163. The molecule has 27 heavy (non-hydrogen) atoms. The number of nitrogens with one attached hydrogen (secondary N) is 1. The fraction of sp³-hybridized carbons (Fsp3) is 0.381. The number of dihydropyridines is 1. The summed E-state index contributed by atoms with van der Waals surface area (Å²) in [7, 11) is 4.17. The van der Waals surface area contributed by atoms with Crippen molar-refractivity contribution in [2.24, 2.45) is 7.05 Å². The summed E-state index contributed by atoms with van der Waals surface area (Å²) in [5.41, 5.74) is 5.03. The van der Waals surface area contributed by atoms with Gasteiger partial charge < -0.3 is 14.8 Å². The van der Waals surface area contributed by atoms with Gasteiger partial charge in [0.1, 0.15) is 6.07 Å². The maximum absolute atomic E-state index is 9.80. The number of nitrogens with zero attached hydrogens (tertiary/aromatic N) is 4. The van der Waals surface area contributed by atoms with Crippen LogP contribution in [-0.4, -0.2) is 60.7 Å². The molecule has 4 rings (SSSR count). The third-order valence-electron chi connectivity index (χ3n) is 5.52. The molecule has 140 valence electrons. The third kappa shape index (κ3) is 3.49. The minimum atomic E-state index is 0.682. The smallest absolute Gasteiger partial charge is 0.102 e. The van der Waals surface area contributed by atoms with Crippen molar-refractivity contribution >= 4 is 28.1 Å². The van der Waals surface area contributed by atoms with E-state index in [4.69, 9.17) is 11.6 Å². The zero-order chi connectivity index (χ0) is 19.0. The summed E-state index contributed by atoms with van der Waals surface area (Å²) in [6, 6.07) is 8.10. The summed E-state index contributed by atoms with van der Waals surface area (Å²) in [5, 5.41) is 14.8. The highest BCUT2D eigenvalue weighted by atomic mass is 35.5. The molecule has 0 aliphatic carbocycles. The van der Waals surface area contributed by atoms with Crippen LogP contribution in [0.2, 0.25) is 5.02 Å². The van der Waals surface area contributed by atoms with E-state index in [9.17, 15) is 5.26 Å². The van der Waals surface area contributed by atoms with Gasteiger partial charge in [-0.05, 0) is 36.9 Å². The van der Waals surface area contributed by atoms with Crippen LogP contribution < -0.4 is 5.32 Å². The highest BCUT2D eigenvalue weighted by Gasteiger charge is 2.21. The Hall–Kier alpha value is -2.26. The van der Waals surface area contributed by atoms with E-state index in [-0.39, 0.29) is 0 Å². The SMILES string of the molecule is CN1CCN(CC2=CC(c3c(C#N)c4ccc(Cl)cc4n3C)=CNC2)CC1. The van der Waals surface area contributed by atoms with E-state index >= 15 is 0 Å². The van der Waals surface area contributed by atoms with Gasteiger partial charge in [-0.2, -0.15) is 5.26 Å². The first-order chi connectivity index (χ1) is 13.1. The van der Waals surface area contributed by atoms with Crippen LogP contribution in [0.25, 0.3) is 16.5 Å². The first-order valence-electron chi connectivity index (χ1n) is 9.29. The van der Waals surface area contributed by atoms with E-state index in [0.717, 1.165) is 61.4 Å². The van der Waals surface area contributed by atoms with E-state index in [1.165, 1.54) is 5.57 Å². The Labute approximate surface area is 165 Å². The second-order valence-electron chi connectivity index (χ2n) is 7.42. The van der Waals surface area contributed by atoms with Crippen LogP contribution in [-0.2, 0) is 7.05 Å². The van der Waals surface area contributed by atoms with Crippen LogP contribution in [0.1, 0.15) is 11.3 Å². The van der Waals surface area contributed by atoms with Gasteiger partial charge in [0.15, 0.2) is 0 Å². The number of allylic oxidation sites excluding steroid dienone is 2. The maximum Gasteiger partial charge on any atom is 0.102 e. The van der Waals surface area contributed by atoms with Crippen LogP contribution in [0.4, 0.5) is 0 Å². The molecule has 0 atom stereocenters. The molecular formula is C21H24ClN5. The Morgan fingerprint density at radius 1 is 1.19 bits per heavy atom. The normalized spacial score (nSPS) is 18.7. The Morgan fingerprint density at radius 2 is 1.96 bits per heavy atom. The van der Waals surface area contributed by atoms with Crippen molar-refractivity contribution in [1.29, 1.82) is 5.26 Å². The maximum atomic E-state index is 9.80. The largest absolute Gasteiger partial charge is 0.387 e. The van der Waals surface area contributed by atoms with Crippen molar-refractivity contribution in [1.82, 2.24) is 19.7 Å². The van der Waals surface area contributed by atoms with Gasteiger partial charge in [0.25, 0.3) is 0 Å². The predicted octanol–water partition coefficient (Wildman–Crippen LogP) is 2.82. The number of piperazine rings is 1. The van der Waals surface area contributed by atoms with Crippen LogP contribution in [0.5, 0.6) is 0 Å². The van der Waals surface area contributed by atoms with Crippen LogP contribution in [0.3, 0.4) is 0 Å².